The smallest absolute Gasteiger partial charge is 0.301 e. The molecule has 0 heterocycles. The van der Waals surface area contributed by atoms with Gasteiger partial charge in [0.25, 0.3) is 5.69 Å². The summed E-state index contributed by atoms with van der Waals surface area (Å²) < 4.78 is 0. The number of hydrogen-bond acceptors (Lipinski definition) is 11. The maximum absolute atomic E-state index is 10.9. The van der Waals surface area contributed by atoms with Crippen molar-refractivity contribution < 1.29 is 35.4 Å². The van der Waals surface area contributed by atoms with Gasteiger partial charge < -0.3 is 25.5 Å². The fourth-order valence-electron chi connectivity index (χ4n) is 1.69. The number of nitrogens with one attached hydrogen (secondary N) is 1. The van der Waals surface area contributed by atoms with Gasteiger partial charge in [-0.1, -0.05) is 0 Å². The van der Waals surface area contributed by atoms with E-state index in [4.69, 9.17) is 10.2 Å². The minimum atomic E-state index is -1.89. The molecule has 4 atom stereocenters. The van der Waals surface area contributed by atoms with E-state index < -0.39 is 52.2 Å². The summed E-state index contributed by atoms with van der Waals surface area (Å²) >= 11 is 0. The van der Waals surface area contributed by atoms with Gasteiger partial charge in [-0.15, -0.1) is 0 Å². The van der Waals surface area contributed by atoms with E-state index >= 15 is 0 Å². The Labute approximate surface area is 139 Å². The topological polar surface area (TPSA) is 212 Å². The molecule has 0 fully saturated rings. The zero-order valence-corrected chi connectivity index (χ0v) is 12.5. The number of aliphatic hydroxyl groups excluding tert-OH is 5. The molecule has 1 rings (SSSR count). The molecule has 1 aromatic rings. The molecule has 0 radical (unpaired) electrons. The highest BCUT2D eigenvalue weighted by Gasteiger charge is 2.29. The van der Waals surface area contributed by atoms with Crippen LogP contribution in [-0.4, -0.2) is 72.6 Å². The first kappa shape index (κ1) is 20.3. The summed E-state index contributed by atoms with van der Waals surface area (Å²) in [5.41, 5.74) is 0.808. The fourth-order valence-corrected chi connectivity index (χ4v) is 1.69. The normalized spacial score (nSPS) is 16.2. The lowest BCUT2D eigenvalue weighted by Gasteiger charge is -2.23. The van der Waals surface area contributed by atoms with Gasteiger partial charge in [0.2, 0.25) is 0 Å². The highest BCUT2D eigenvalue weighted by molar-refractivity contribution is 5.69. The first-order valence-corrected chi connectivity index (χ1v) is 6.74. The molecule has 13 heteroatoms. The molecule has 0 bridgehead atoms. The van der Waals surface area contributed by atoms with E-state index in [1.54, 1.807) is 0 Å². The lowest BCUT2D eigenvalue weighted by Crippen LogP contribution is -2.46. The Hall–Kier alpha value is -2.71. The number of nitro benzene ring substituents is 2. The molecule has 6 N–H and O–H groups in total. The minimum absolute atomic E-state index is 0.218. The van der Waals surface area contributed by atoms with Gasteiger partial charge in [0.05, 0.1) is 28.7 Å². The largest absolute Gasteiger partial charge is 0.394 e. The van der Waals surface area contributed by atoms with Crippen molar-refractivity contribution in [3.8, 4) is 0 Å². The molecule has 0 aromatic heterocycles. The number of rotatable bonds is 9. The van der Waals surface area contributed by atoms with E-state index in [9.17, 15) is 35.5 Å². The van der Waals surface area contributed by atoms with Gasteiger partial charge in [-0.2, -0.15) is 5.10 Å². The number of anilines is 1. The Balaban J connectivity index is 2.84. The molecule has 25 heavy (non-hydrogen) atoms. The molecule has 0 saturated carbocycles. The van der Waals surface area contributed by atoms with Gasteiger partial charge in [0.1, 0.15) is 30.1 Å². The lowest BCUT2D eigenvalue weighted by atomic mass is 10.0. The maximum Gasteiger partial charge on any atom is 0.301 e. The van der Waals surface area contributed by atoms with Crippen molar-refractivity contribution in [2.75, 3.05) is 12.0 Å². The molecule has 0 aliphatic rings. The van der Waals surface area contributed by atoms with Crippen LogP contribution >= 0.6 is 0 Å². The summed E-state index contributed by atoms with van der Waals surface area (Å²) in [7, 11) is 0. The highest BCUT2D eigenvalue weighted by atomic mass is 16.6. The predicted molar refractivity (Wildman–Crippen MR) is 83.0 cm³/mol. The zero-order valence-electron chi connectivity index (χ0n) is 12.5. The monoisotopic (exact) mass is 360 g/mol. The van der Waals surface area contributed by atoms with E-state index in [2.05, 4.69) is 10.5 Å². The summed E-state index contributed by atoms with van der Waals surface area (Å²) in [6.07, 6.45) is -6.54. The summed E-state index contributed by atoms with van der Waals surface area (Å²) in [6, 6.07) is 2.74. The van der Waals surface area contributed by atoms with Crippen LogP contribution in [0, 0.1) is 20.2 Å². The minimum Gasteiger partial charge on any atom is -0.394 e. The maximum atomic E-state index is 10.9. The number of nitrogens with zero attached hydrogens (tertiary/aromatic N) is 3. The average molecular weight is 360 g/mol. The predicted octanol–water partition coefficient (Wildman–Crippen LogP) is -1.66. The second-order valence-corrected chi connectivity index (χ2v) is 4.83. The van der Waals surface area contributed by atoms with E-state index in [-0.39, 0.29) is 5.69 Å². The molecule has 0 aliphatic heterocycles. The van der Waals surface area contributed by atoms with Gasteiger partial charge >= 0.3 is 5.69 Å². The van der Waals surface area contributed by atoms with E-state index in [0.29, 0.717) is 12.3 Å². The Morgan fingerprint density at radius 2 is 1.76 bits per heavy atom. The standard InChI is InChI=1S/C12H16N4O9/c17-5-10(19)12(21)11(20)9(18)4-13-14-7-2-1-6(15(22)23)3-8(7)16(24)25/h1-4,9-12,14,17-21H,5H2/b13-4-/t9-,10+,11+,12-/m0/s1. The van der Waals surface area contributed by atoms with Crippen LogP contribution in [0.1, 0.15) is 0 Å². The van der Waals surface area contributed by atoms with Gasteiger partial charge in [-0.05, 0) is 6.07 Å². The Morgan fingerprint density at radius 3 is 2.28 bits per heavy atom. The highest BCUT2D eigenvalue weighted by Crippen LogP contribution is 2.28. The molecule has 0 unspecified atom stereocenters. The fraction of sp³-hybridized carbons (Fsp3) is 0.417. The molecule has 0 amide bonds. The van der Waals surface area contributed by atoms with Crippen molar-refractivity contribution in [2.45, 2.75) is 24.4 Å². The molecule has 1 aromatic carbocycles. The van der Waals surface area contributed by atoms with Crippen molar-refractivity contribution in [2.24, 2.45) is 5.10 Å². The van der Waals surface area contributed by atoms with Crippen LogP contribution < -0.4 is 5.43 Å². The Bertz CT molecular complexity index is 653. The number of aliphatic hydroxyl groups is 5. The molecular formula is C12H16N4O9. The van der Waals surface area contributed by atoms with Gasteiger partial charge in [0, 0.05) is 6.07 Å². The lowest BCUT2D eigenvalue weighted by molar-refractivity contribution is -0.393. The number of nitro groups is 2. The third-order valence-corrected chi connectivity index (χ3v) is 3.08. The van der Waals surface area contributed by atoms with Crippen LogP contribution in [0.4, 0.5) is 17.1 Å². The van der Waals surface area contributed by atoms with Crippen LogP contribution in [0.2, 0.25) is 0 Å². The Morgan fingerprint density at radius 1 is 1.12 bits per heavy atom. The van der Waals surface area contributed by atoms with E-state index in [1.165, 1.54) is 0 Å². The molecule has 0 spiro atoms. The second kappa shape index (κ2) is 8.95. The third-order valence-electron chi connectivity index (χ3n) is 3.08. The summed E-state index contributed by atoms with van der Waals surface area (Å²) in [4.78, 5) is 19.8. The number of hydrazone groups is 1. The second-order valence-electron chi connectivity index (χ2n) is 4.83. The SMILES string of the molecule is O=[N+]([O-])c1ccc(N/N=C\[C@H](O)[C@@H](O)[C@@H](O)[C@H](O)CO)c([N+](=O)[O-])c1. The summed E-state index contributed by atoms with van der Waals surface area (Å²) in [6.45, 7) is -0.852. The van der Waals surface area contributed by atoms with Crippen molar-refractivity contribution in [1.29, 1.82) is 0 Å². The average Bonchev–Trinajstić information content (AvgIpc) is 2.59. The van der Waals surface area contributed by atoms with Crippen molar-refractivity contribution in [3.05, 3.63) is 38.4 Å². The number of benzene rings is 1. The van der Waals surface area contributed by atoms with E-state index in [0.717, 1.165) is 12.1 Å². The first-order chi connectivity index (χ1) is 11.7. The van der Waals surface area contributed by atoms with Crippen LogP contribution in [-0.2, 0) is 0 Å². The van der Waals surface area contributed by atoms with Crippen LogP contribution in [0.15, 0.2) is 23.3 Å². The number of non-ortho nitro benzene ring substituents is 1. The van der Waals surface area contributed by atoms with Crippen molar-refractivity contribution >= 4 is 23.3 Å². The van der Waals surface area contributed by atoms with Crippen LogP contribution in [0.5, 0.6) is 0 Å². The molecule has 0 aliphatic carbocycles. The summed E-state index contributed by atoms with van der Waals surface area (Å²) in [5, 5.41) is 71.3. The zero-order chi connectivity index (χ0) is 19.1. The van der Waals surface area contributed by atoms with Crippen molar-refractivity contribution in [3.63, 3.8) is 0 Å². The third kappa shape index (κ3) is 5.40. The van der Waals surface area contributed by atoms with Gasteiger partial charge in [-0.25, -0.2) is 0 Å². The molecule has 13 nitrogen and oxygen atoms in total. The van der Waals surface area contributed by atoms with E-state index in [1.807, 2.05) is 0 Å². The Kier molecular flexibility index (Phi) is 7.28. The van der Waals surface area contributed by atoms with Crippen molar-refractivity contribution in [1.82, 2.24) is 0 Å². The van der Waals surface area contributed by atoms with Crippen LogP contribution in [0.3, 0.4) is 0 Å². The van der Waals surface area contributed by atoms with Crippen LogP contribution in [0.25, 0.3) is 0 Å². The first-order valence-electron chi connectivity index (χ1n) is 6.74. The number of hydrogen-bond donors (Lipinski definition) is 6. The summed E-state index contributed by atoms with van der Waals surface area (Å²) in [5.74, 6) is 0. The van der Waals surface area contributed by atoms with Gasteiger partial charge in [0.15, 0.2) is 0 Å². The quantitative estimate of drug-likeness (QED) is 0.167. The molecular weight excluding hydrogens is 344 g/mol. The van der Waals surface area contributed by atoms with Gasteiger partial charge in [-0.3, -0.25) is 25.7 Å². The molecule has 0 saturated heterocycles. The molecule has 138 valence electrons.